The van der Waals surface area contributed by atoms with E-state index in [1.807, 2.05) is 4.90 Å². The number of carboxylic acid groups (broad SMARTS) is 1. The van der Waals surface area contributed by atoms with Gasteiger partial charge in [0.15, 0.2) is 0 Å². The zero-order chi connectivity index (χ0) is 15.4. The molecular formula is C15H19BrN2O3. The number of piperidine rings is 1. The maximum Gasteiger partial charge on any atom is 0.335 e. The third kappa shape index (κ3) is 3.75. The van der Waals surface area contributed by atoms with Crippen LogP contribution in [0.4, 0.5) is 10.5 Å². The van der Waals surface area contributed by atoms with E-state index >= 15 is 0 Å². The number of nitrogens with one attached hydrogen (secondary N) is 1. The predicted molar refractivity (Wildman–Crippen MR) is 84.8 cm³/mol. The number of carboxylic acids is 1. The molecule has 0 bridgehead atoms. The summed E-state index contributed by atoms with van der Waals surface area (Å²) >= 11 is 3.30. The number of halogens is 1. The van der Waals surface area contributed by atoms with Gasteiger partial charge in [0.1, 0.15) is 0 Å². The largest absolute Gasteiger partial charge is 0.478 e. The molecule has 1 heterocycles. The summed E-state index contributed by atoms with van der Waals surface area (Å²) in [5, 5.41) is 11.8. The van der Waals surface area contributed by atoms with Crippen LogP contribution in [0, 0.1) is 0 Å². The molecule has 6 heteroatoms. The van der Waals surface area contributed by atoms with Crippen molar-refractivity contribution >= 4 is 33.6 Å². The van der Waals surface area contributed by atoms with Crippen molar-refractivity contribution in [3.05, 3.63) is 28.2 Å². The van der Waals surface area contributed by atoms with Crippen LogP contribution in [0.5, 0.6) is 0 Å². The number of aromatic carboxylic acids is 1. The molecule has 1 aromatic rings. The fraction of sp³-hybridized carbons (Fsp3) is 0.467. The van der Waals surface area contributed by atoms with Crippen LogP contribution in [0.2, 0.25) is 0 Å². The van der Waals surface area contributed by atoms with Crippen molar-refractivity contribution in [3.63, 3.8) is 0 Å². The van der Waals surface area contributed by atoms with Gasteiger partial charge >= 0.3 is 12.0 Å². The predicted octanol–water partition coefficient (Wildman–Crippen LogP) is 3.94. The number of carbonyl (C=O) groups excluding carboxylic acids is 1. The summed E-state index contributed by atoms with van der Waals surface area (Å²) in [6.07, 6.45) is 4.19. The van der Waals surface area contributed by atoms with Gasteiger partial charge in [0.25, 0.3) is 0 Å². The Morgan fingerprint density at radius 2 is 2.19 bits per heavy atom. The fourth-order valence-electron chi connectivity index (χ4n) is 2.63. The molecule has 1 aliphatic heterocycles. The van der Waals surface area contributed by atoms with E-state index < -0.39 is 5.97 Å². The maximum absolute atomic E-state index is 12.4. The topological polar surface area (TPSA) is 69.6 Å². The number of nitrogens with zero attached hydrogens (tertiary/aromatic N) is 1. The van der Waals surface area contributed by atoms with Crippen LogP contribution < -0.4 is 5.32 Å². The molecule has 1 aromatic carbocycles. The standard InChI is InChI=1S/C15H19BrN2O3/c1-2-11-5-3-4-8-18(11)15(21)17-13-7-6-10(14(19)20)9-12(13)16/h6-7,9,11H,2-5,8H2,1H3,(H,17,21)(H,19,20). The van der Waals surface area contributed by atoms with Crippen molar-refractivity contribution in [3.8, 4) is 0 Å². The minimum Gasteiger partial charge on any atom is -0.478 e. The normalized spacial score (nSPS) is 18.4. The monoisotopic (exact) mass is 354 g/mol. The number of anilines is 1. The molecule has 1 atom stereocenters. The van der Waals surface area contributed by atoms with E-state index in [0.717, 1.165) is 25.8 Å². The highest BCUT2D eigenvalue weighted by atomic mass is 79.9. The van der Waals surface area contributed by atoms with Gasteiger partial charge in [-0.05, 0) is 59.8 Å². The molecule has 21 heavy (non-hydrogen) atoms. The summed E-state index contributed by atoms with van der Waals surface area (Å²) in [5.41, 5.74) is 0.773. The highest BCUT2D eigenvalue weighted by Crippen LogP contribution is 2.26. The van der Waals surface area contributed by atoms with Gasteiger partial charge in [0.2, 0.25) is 0 Å². The van der Waals surface area contributed by atoms with Gasteiger partial charge in [-0.3, -0.25) is 0 Å². The number of amides is 2. The lowest BCUT2D eigenvalue weighted by atomic mass is 10.0. The van der Waals surface area contributed by atoms with Gasteiger partial charge in [0.05, 0.1) is 11.3 Å². The Kier molecular flexibility index (Phi) is 5.22. The SMILES string of the molecule is CCC1CCCCN1C(=O)Nc1ccc(C(=O)O)cc1Br. The Morgan fingerprint density at radius 3 is 2.81 bits per heavy atom. The minimum absolute atomic E-state index is 0.120. The van der Waals surface area contributed by atoms with E-state index in [2.05, 4.69) is 28.2 Å². The maximum atomic E-state index is 12.4. The van der Waals surface area contributed by atoms with Crippen molar-refractivity contribution in [2.24, 2.45) is 0 Å². The molecule has 2 N–H and O–H groups in total. The highest BCUT2D eigenvalue weighted by molar-refractivity contribution is 9.10. The molecule has 1 aliphatic rings. The summed E-state index contributed by atoms with van der Waals surface area (Å²) in [7, 11) is 0. The summed E-state index contributed by atoms with van der Waals surface area (Å²) in [6.45, 7) is 2.86. The van der Waals surface area contributed by atoms with Crippen LogP contribution in [-0.4, -0.2) is 34.6 Å². The smallest absolute Gasteiger partial charge is 0.335 e. The average molecular weight is 355 g/mol. The number of urea groups is 1. The van der Waals surface area contributed by atoms with Crippen molar-refractivity contribution in [1.29, 1.82) is 0 Å². The second-order valence-electron chi connectivity index (χ2n) is 5.18. The van der Waals surface area contributed by atoms with Crippen LogP contribution in [0.25, 0.3) is 0 Å². The van der Waals surface area contributed by atoms with Gasteiger partial charge in [-0.15, -0.1) is 0 Å². The van der Waals surface area contributed by atoms with Crippen molar-refractivity contribution < 1.29 is 14.7 Å². The molecule has 0 spiro atoms. The zero-order valence-corrected chi connectivity index (χ0v) is 13.5. The van der Waals surface area contributed by atoms with Crippen molar-refractivity contribution in [1.82, 2.24) is 4.90 Å². The molecule has 5 nitrogen and oxygen atoms in total. The molecule has 0 aliphatic carbocycles. The molecular weight excluding hydrogens is 336 g/mol. The molecule has 114 valence electrons. The lowest BCUT2D eigenvalue weighted by Gasteiger charge is -2.35. The van der Waals surface area contributed by atoms with Crippen LogP contribution >= 0.6 is 15.9 Å². The number of benzene rings is 1. The number of likely N-dealkylation sites (tertiary alicyclic amines) is 1. The van der Waals surface area contributed by atoms with Gasteiger partial charge in [-0.25, -0.2) is 9.59 Å². The molecule has 1 unspecified atom stereocenters. The van der Waals surface area contributed by atoms with E-state index in [9.17, 15) is 9.59 Å². The van der Waals surface area contributed by atoms with Crippen LogP contribution in [-0.2, 0) is 0 Å². The Labute approximate surface area is 132 Å². The first-order chi connectivity index (χ1) is 10.0. The Balaban J connectivity index is 2.10. The lowest BCUT2D eigenvalue weighted by Crippen LogP contribution is -2.45. The number of hydrogen-bond donors (Lipinski definition) is 2. The number of carbonyl (C=O) groups is 2. The zero-order valence-electron chi connectivity index (χ0n) is 11.9. The molecule has 0 aromatic heterocycles. The van der Waals surface area contributed by atoms with E-state index in [4.69, 9.17) is 5.11 Å². The quantitative estimate of drug-likeness (QED) is 0.863. The van der Waals surface area contributed by atoms with E-state index in [1.54, 1.807) is 6.07 Å². The fourth-order valence-corrected chi connectivity index (χ4v) is 3.11. The van der Waals surface area contributed by atoms with E-state index in [0.29, 0.717) is 10.2 Å². The molecule has 2 amide bonds. The third-order valence-corrected chi connectivity index (χ3v) is 4.47. The first-order valence-electron chi connectivity index (χ1n) is 7.13. The Hall–Kier alpha value is -1.56. The average Bonchev–Trinajstić information content (AvgIpc) is 2.48. The summed E-state index contributed by atoms with van der Waals surface area (Å²) < 4.78 is 0.570. The Bertz CT molecular complexity index is 548. The highest BCUT2D eigenvalue weighted by Gasteiger charge is 2.25. The van der Waals surface area contributed by atoms with Crippen molar-refractivity contribution in [2.75, 3.05) is 11.9 Å². The number of hydrogen-bond acceptors (Lipinski definition) is 2. The second-order valence-corrected chi connectivity index (χ2v) is 6.04. The van der Waals surface area contributed by atoms with Crippen LogP contribution in [0.3, 0.4) is 0 Å². The van der Waals surface area contributed by atoms with Gasteiger partial charge in [0, 0.05) is 17.1 Å². The number of rotatable bonds is 3. The lowest BCUT2D eigenvalue weighted by molar-refractivity contribution is 0.0697. The van der Waals surface area contributed by atoms with E-state index in [-0.39, 0.29) is 17.6 Å². The first kappa shape index (κ1) is 15.8. The molecule has 1 fully saturated rings. The van der Waals surface area contributed by atoms with Crippen LogP contribution in [0.15, 0.2) is 22.7 Å². The summed E-state index contributed by atoms with van der Waals surface area (Å²) in [5.74, 6) is -0.990. The molecule has 0 radical (unpaired) electrons. The summed E-state index contributed by atoms with van der Waals surface area (Å²) in [6, 6.07) is 4.75. The van der Waals surface area contributed by atoms with E-state index in [1.165, 1.54) is 18.6 Å². The first-order valence-corrected chi connectivity index (χ1v) is 7.92. The van der Waals surface area contributed by atoms with Gasteiger partial charge in [-0.2, -0.15) is 0 Å². The summed E-state index contributed by atoms with van der Waals surface area (Å²) in [4.78, 5) is 25.2. The van der Waals surface area contributed by atoms with Crippen molar-refractivity contribution in [2.45, 2.75) is 38.6 Å². The second kappa shape index (κ2) is 6.93. The minimum atomic E-state index is -0.990. The molecule has 0 saturated carbocycles. The Morgan fingerprint density at radius 1 is 1.43 bits per heavy atom. The van der Waals surface area contributed by atoms with Gasteiger partial charge < -0.3 is 15.3 Å². The molecule has 1 saturated heterocycles. The third-order valence-electron chi connectivity index (χ3n) is 3.82. The van der Waals surface area contributed by atoms with Crippen LogP contribution in [0.1, 0.15) is 43.0 Å². The van der Waals surface area contributed by atoms with Gasteiger partial charge in [-0.1, -0.05) is 6.92 Å². The molecule has 2 rings (SSSR count).